The van der Waals surface area contributed by atoms with Crippen molar-refractivity contribution in [2.24, 2.45) is 0 Å². The standard InChI is InChI=1S/C15H12Br2N2OS/c1-9-19-14(8-20-9)10-2-4-11(5-3-10)18-7-12-6-13(16)15(17)21-12/h2-6,8,18H,7H2,1H3. The molecule has 0 aliphatic carbocycles. The molecule has 0 aliphatic heterocycles. The minimum Gasteiger partial charge on any atom is -0.449 e. The Hall–Kier alpha value is -1.11. The van der Waals surface area contributed by atoms with Gasteiger partial charge in [-0.3, -0.25) is 0 Å². The molecule has 0 fully saturated rings. The summed E-state index contributed by atoms with van der Waals surface area (Å²) in [7, 11) is 0. The van der Waals surface area contributed by atoms with E-state index in [9.17, 15) is 0 Å². The van der Waals surface area contributed by atoms with Crippen molar-refractivity contribution in [3.8, 4) is 11.3 Å². The van der Waals surface area contributed by atoms with Crippen molar-refractivity contribution < 1.29 is 4.42 Å². The molecule has 0 saturated carbocycles. The normalized spacial score (nSPS) is 10.8. The maximum absolute atomic E-state index is 5.23. The average Bonchev–Trinajstić information content (AvgIpc) is 3.04. The van der Waals surface area contributed by atoms with Crippen LogP contribution in [0.4, 0.5) is 5.69 Å². The van der Waals surface area contributed by atoms with Crippen LogP contribution in [-0.2, 0) is 6.54 Å². The van der Waals surface area contributed by atoms with Crippen LogP contribution < -0.4 is 5.32 Å². The lowest BCUT2D eigenvalue weighted by Gasteiger charge is -2.05. The number of rotatable bonds is 4. The third-order valence-electron chi connectivity index (χ3n) is 2.96. The Balaban J connectivity index is 1.67. The van der Waals surface area contributed by atoms with E-state index in [1.807, 2.05) is 19.1 Å². The number of nitrogens with zero attached hydrogens (tertiary/aromatic N) is 1. The van der Waals surface area contributed by atoms with Crippen molar-refractivity contribution >= 4 is 48.9 Å². The molecule has 1 aromatic carbocycles. The van der Waals surface area contributed by atoms with Crippen LogP contribution in [0.2, 0.25) is 0 Å². The maximum Gasteiger partial charge on any atom is 0.191 e. The van der Waals surface area contributed by atoms with Gasteiger partial charge in [0.2, 0.25) is 0 Å². The molecule has 0 spiro atoms. The molecule has 0 radical (unpaired) electrons. The van der Waals surface area contributed by atoms with Crippen molar-refractivity contribution in [2.45, 2.75) is 13.5 Å². The van der Waals surface area contributed by atoms with Gasteiger partial charge in [0.15, 0.2) is 5.89 Å². The van der Waals surface area contributed by atoms with Crippen molar-refractivity contribution in [2.75, 3.05) is 5.32 Å². The number of halogens is 2. The van der Waals surface area contributed by atoms with Crippen LogP contribution in [0.1, 0.15) is 10.8 Å². The van der Waals surface area contributed by atoms with Crippen molar-refractivity contribution in [1.29, 1.82) is 0 Å². The number of oxazole rings is 1. The minimum atomic E-state index is 0.682. The Bertz CT molecular complexity index is 730. The van der Waals surface area contributed by atoms with Gasteiger partial charge in [-0.25, -0.2) is 4.98 Å². The van der Waals surface area contributed by atoms with Crippen LogP contribution in [0.5, 0.6) is 0 Å². The molecule has 0 saturated heterocycles. The molecular formula is C15H12Br2N2OS. The third kappa shape index (κ3) is 3.56. The summed E-state index contributed by atoms with van der Waals surface area (Å²) >= 11 is 8.73. The van der Waals surface area contributed by atoms with E-state index in [4.69, 9.17) is 4.42 Å². The Morgan fingerprint density at radius 1 is 1.24 bits per heavy atom. The topological polar surface area (TPSA) is 38.1 Å². The van der Waals surface area contributed by atoms with Gasteiger partial charge in [-0.05, 0) is 50.1 Å². The van der Waals surface area contributed by atoms with Crippen molar-refractivity contribution in [3.05, 3.63) is 55.6 Å². The van der Waals surface area contributed by atoms with Gasteiger partial charge in [0.1, 0.15) is 12.0 Å². The number of hydrogen-bond acceptors (Lipinski definition) is 4. The number of benzene rings is 1. The second kappa shape index (κ2) is 6.34. The van der Waals surface area contributed by atoms with Crippen LogP contribution in [0.15, 0.2) is 49.3 Å². The smallest absolute Gasteiger partial charge is 0.191 e. The van der Waals surface area contributed by atoms with E-state index in [0.717, 1.165) is 31.7 Å². The summed E-state index contributed by atoms with van der Waals surface area (Å²) in [5.74, 6) is 0.682. The second-order valence-electron chi connectivity index (χ2n) is 4.52. The zero-order valence-electron chi connectivity index (χ0n) is 11.2. The van der Waals surface area contributed by atoms with E-state index in [-0.39, 0.29) is 0 Å². The zero-order valence-corrected chi connectivity index (χ0v) is 15.2. The molecule has 0 bridgehead atoms. The van der Waals surface area contributed by atoms with Crippen molar-refractivity contribution in [1.82, 2.24) is 4.98 Å². The van der Waals surface area contributed by atoms with Crippen LogP contribution in [0.3, 0.4) is 0 Å². The lowest BCUT2D eigenvalue weighted by molar-refractivity contribution is 0.521. The lowest BCUT2D eigenvalue weighted by atomic mass is 10.1. The van der Waals surface area contributed by atoms with Crippen LogP contribution in [0, 0.1) is 6.92 Å². The molecule has 108 valence electrons. The van der Waals surface area contributed by atoms with Gasteiger partial charge in [0, 0.05) is 34.1 Å². The zero-order chi connectivity index (χ0) is 14.8. The Kier molecular flexibility index (Phi) is 4.47. The van der Waals surface area contributed by atoms with E-state index in [1.54, 1.807) is 17.6 Å². The first-order chi connectivity index (χ1) is 10.1. The number of anilines is 1. The highest BCUT2D eigenvalue weighted by Gasteiger charge is 2.05. The Morgan fingerprint density at radius 3 is 2.57 bits per heavy atom. The molecular weight excluding hydrogens is 416 g/mol. The van der Waals surface area contributed by atoms with E-state index >= 15 is 0 Å². The summed E-state index contributed by atoms with van der Waals surface area (Å²) in [6, 6.07) is 10.3. The predicted octanol–water partition coefficient (Wildman–Crippen LogP) is 5.85. The van der Waals surface area contributed by atoms with Gasteiger partial charge in [-0.1, -0.05) is 12.1 Å². The highest BCUT2D eigenvalue weighted by atomic mass is 79.9. The summed E-state index contributed by atoms with van der Waals surface area (Å²) < 4.78 is 7.45. The molecule has 0 amide bonds. The largest absolute Gasteiger partial charge is 0.449 e. The Morgan fingerprint density at radius 2 is 2.00 bits per heavy atom. The van der Waals surface area contributed by atoms with E-state index in [1.165, 1.54) is 4.88 Å². The molecule has 21 heavy (non-hydrogen) atoms. The molecule has 3 nitrogen and oxygen atoms in total. The highest BCUT2D eigenvalue weighted by molar-refractivity contribution is 9.13. The van der Waals surface area contributed by atoms with Crippen LogP contribution in [0.25, 0.3) is 11.3 Å². The molecule has 1 N–H and O–H groups in total. The Labute approximate surface area is 143 Å². The summed E-state index contributed by atoms with van der Waals surface area (Å²) in [6.07, 6.45) is 1.68. The fraction of sp³-hybridized carbons (Fsp3) is 0.133. The van der Waals surface area contributed by atoms with E-state index in [0.29, 0.717) is 5.89 Å². The SMILES string of the molecule is Cc1nc(-c2ccc(NCc3cc(Br)c(Br)s3)cc2)co1. The fourth-order valence-electron chi connectivity index (χ4n) is 1.92. The monoisotopic (exact) mass is 426 g/mol. The van der Waals surface area contributed by atoms with Crippen LogP contribution in [-0.4, -0.2) is 4.98 Å². The second-order valence-corrected chi connectivity index (χ2v) is 7.83. The van der Waals surface area contributed by atoms with Gasteiger partial charge in [0.25, 0.3) is 0 Å². The minimum absolute atomic E-state index is 0.682. The molecule has 2 heterocycles. The van der Waals surface area contributed by atoms with Gasteiger partial charge in [-0.15, -0.1) is 11.3 Å². The number of aromatic nitrogens is 1. The predicted molar refractivity (Wildman–Crippen MR) is 93.7 cm³/mol. The summed E-state index contributed by atoms with van der Waals surface area (Å²) in [4.78, 5) is 5.59. The van der Waals surface area contributed by atoms with Gasteiger partial charge in [0.05, 0.1) is 3.79 Å². The maximum atomic E-state index is 5.23. The summed E-state index contributed by atoms with van der Waals surface area (Å²) in [5, 5.41) is 3.41. The number of nitrogens with one attached hydrogen (secondary N) is 1. The first-order valence-electron chi connectivity index (χ1n) is 6.32. The average molecular weight is 428 g/mol. The first-order valence-corrected chi connectivity index (χ1v) is 8.72. The van der Waals surface area contributed by atoms with E-state index < -0.39 is 0 Å². The van der Waals surface area contributed by atoms with E-state index in [2.05, 4.69) is 60.4 Å². The molecule has 0 atom stereocenters. The molecule has 6 heteroatoms. The van der Waals surface area contributed by atoms with Gasteiger partial charge in [-0.2, -0.15) is 0 Å². The first kappa shape index (κ1) is 14.8. The van der Waals surface area contributed by atoms with Gasteiger partial charge >= 0.3 is 0 Å². The molecule has 2 aromatic heterocycles. The van der Waals surface area contributed by atoms with Crippen molar-refractivity contribution in [3.63, 3.8) is 0 Å². The quantitative estimate of drug-likeness (QED) is 0.567. The van der Waals surface area contributed by atoms with Gasteiger partial charge < -0.3 is 9.73 Å². The molecule has 3 rings (SSSR count). The summed E-state index contributed by atoms with van der Waals surface area (Å²) in [6.45, 7) is 2.65. The number of thiophene rings is 1. The molecule has 0 aliphatic rings. The molecule has 0 unspecified atom stereocenters. The highest BCUT2D eigenvalue weighted by Crippen LogP contribution is 2.32. The van der Waals surface area contributed by atoms with Crippen LogP contribution >= 0.6 is 43.2 Å². The number of aryl methyl sites for hydroxylation is 1. The third-order valence-corrected chi connectivity index (χ3v) is 6.22. The number of hydrogen-bond donors (Lipinski definition) is 1. The lowest BCUT2D eigenvalue weighted by Crippen LogP contribution is -1.96. The molecule has 3 aromatic rings. The fourth-order valence-corrected chi connectivity index (χ4v) is 4.04. The summed E-state index contributed by atoms with van der Waals surface area (Å²) in [5.41, 5.74) is 3.00.